The zero-order valence-electron chi connectivity index (χ0n) is 14.2. The molecule has 4 nitrogen and oxygen atoms in total. The summed E-state index contributed by atoms with van der Waals surface area (Å²) >= 11 is 6.16. The lowest BCUT2D eigenvalue weighted by molar-refractivity contribution is 0.244. The summed E-state index contributed by atoms with van der Waals surface area (Å²) in [5.74, 6) is 0. The molecule has 0 unspecified atom stereocenters. The maximum Gasteiger partial charge on any atom is 0.319 e. The number of halogens is 1. The molecule has 1 saturated carbocycles. The van der Waals surface area contributed by atoms with Crippen LogP contribution < -0.4 is 16.0 Å². The number of carbonyl (C=O) groups excluding carboxylic acids is 1. The van der Waals surface area contributed by atoms with Crippen LogP contribution in [-0.2, 0) is 6.54 Å². The molecule has 0 atom stereocenters. The predicted octanol–water partition coefficient (Wildman–Crippen LogP) is 5.41. The molecule has 2 aromatic carbocycles. The molecular weight excluding hydrogens is 334 g/mol. The minimum Gasteiger partial charge on any atom is -0.381 e. The Bertz CT molecular complexity index is 696. The minimum atomic E-state index is -0.122. The first kappa shape index (κ1) is 17.6. The zero-order valence-corrected chi connectivity index (χ0v) is 15.0. The number of carbonyl (C=O) groups is 1. The van der Waals surface area contributed by atoms with Gasteiger partial charge < -0.3 is 16.0 Å². The highest BCUT2D eigenvalue weighted by atomic mass is 35.5. The molecule has 0 radical (unpaired) electrons. The van der Waals surface area contributed by atoms with E-state index in [-0.39, 0.29) is 6.03 Å². The van der Waals surface area contributed by atoms with Gasteiger partial charge in [0.1, 0.15) is 0 Å². The number of hydrogen-bond donors (Lipinski definition) is 3. The number of nitrogens with one attached hydrogen (secondary N) is 3. The van der Waals surface area contributed by atoms with Gasteiger partial charge >= 0.3 is 6.03 Å². The summed E-state index contributed by atoms with van der Waals surface area (Å²) in [5.41, 5.74) is 2.83. The molecular formula is C20H24ClN3O. The van der Waals surface area contributed by atoms with Gasteiger partial charge in [-0.2, -0.15) is 0 Å². The van der Waals surface area contributed by atoms with Crippen LogP contribution >= 0.6 is 11.6 Å². The second kappa shape index (κ2) is 8.77. The third kappa shape index (κ3) is 5.40. The van der Waals surface area contributed by atoms with E-state index in [4.69, 9.17) is 11.6 Å². The highest BCUT2D eigenvalue weighted by Crippen LogP contribution is 2.19. The van der Waals surface area contributed by atoms with E-state index in [1.807, 2.05) is 48.5 Å². The van der Waals surface area contributed by atoms with Gasteiger partial charge in [0.15, 0.2) is 0 Å². The van der Waals surface area contributed by atoms with Crippen molar-refractivity contribution in [3.63, 3.8) is 0 Å². The smallest absolute Gasteiger partial charge is 0.319 e. The Morgan fingerprint density at radius 3 is 2.36 bits per heavy atom. The fourth-order valence-electron chi connectivity index (χ4n) is 3.11. The molecule has 5 heteroatoms. The fraction of sp³-hybridized carbons (Fsp3) is 0.350. The van der Waals surface area contributed by atoms with E-state index in [9.17, 15) is 4.79 Å². The molecule has 132 valence electrons. The van der Waals surface area contributed by atoms with Crippen molar-refractivity contribution in [3.05, 3.63) is 59.1 Å². The Morgan fingerprint density at radius 2 is 1.64 bits per heavy atom. The lowest BCUT2D eigenvalue weighted by atomic mass is 9.96. The van der Waals surface area contributed by atoms with Crippen molar-refractivity contribution < 1.29 is 4.79 Å². The number of hydrogen-bond acceptors (Lipinski definition) is 2. The monoisotopic (exact) mass is 357 g/mol. The normalized spacial score (nSPS) is 14.8. The van der Waals surface area contributed by atoms with E-state index in [1.54, 1.807) is 0 Å². The van der Waals surface area contributed by atoms with Crippen LogP contribution in [-0.4, -0.2) is 12.1 Å². The van der Waals surface area contributed by atoms with Crippen LogP contribution in [0.2, 0.25) is 5.02 Å². The molecule has 2 amide bonds. The Kier molecular flexibility index (Phi) is 6.18. The molecule has 0 bridgehead atoms. The number of benzene rings is 2. The number of anilines is 2. The molecule has 1 aliphatic rings. The van der Waals surface area contributed by atoms with E-state index in [2.05, 4.69) is 16.0 Å². The van der Waals surface area contributed by atoms with Crippen LogP contribution in [0.25, 0.3) is 0 Å². The van der Waals surface area contributed by atoms with Crippen LogP contribution in [0.15, 0.2) is 48.5 Å². The van der Waals surface area contributed by atoms with Gasteiger partial charge in [0.05, 0.1) is 0 Å². The topological polar surface area (TPSA) is 53.2 Å². The summed E-state index contributed by atoms with van der Waals surface area (Å²) in [6.45, 7) is 0.661. The maximum absolute atomic E-state index is 12.1. The van der Waals surface area contributed by atoms with Crippen molar-refractivity contribution in [2.24, 2.45) is 0 Å². The van der Waals surface area contributed by atoms with Gasteiger partial charge in [0.25, 0.3) is 0 Å². The van der Waals surface area contributed by atoms with Gasteiger partial charge in [0, 0.05) is 29.0 Å². The number of rotatable bonds is 5. The SMILES string of the molecule is O=C(Nc1ccc(NCc2ccccc2Cl)cc1)NC1CCCCC1. The molecule has 1 fully saturated rings. The first-order valence-corrected chi connectivity index (χ1v) is 9.23. The Labute approximate surface area is 154 Å². The third-order valence-electron chi connectivity index (χ3n) is 4.52. The van der Waals surface area contributed by atoms with Crippen molar-refractivity contribution in [2.75, 3.05) is 10.6 Å². The number of amides is 2. The standard InChI is InChI=1S/C20H24ClN3O/c21-19-9-5-4-6-15(19)14-22-16-10-12-18(13-11-16)24-20(25)23-17-7-2-1-3-8-17/h4-6,9-13,17,22H,1-3,7-8,14H2,(H2,23,24,25). The molecule has 2 aromatic rings. The zero-order chi connectivity index (χ0) is 17.5. The molecule has 0 saturated heterocycles. The van der Waals surface area contributed by atoms with Crippen molar-refractivity contribution in [1.29, 1.82) is 0 Å². The van der Waals surface area contributed by atoms with Gasteiger partial charge in [-0.3, -0.25) is 0 Å². The second-order valence-electron chi connectivity index (χ2n) is 6.46. The molecule has 0 spiro atoms. The van der Waals surface area contributed by atoms with Crippen molar-refractivity contribution in [2.45, 2.75) is 44.7 Å². The lowest BCUT2D eigenvalue weighted by Crippen LogP contribution is -2.38. The average Bonchev–Trinajstić information content (AvgIpc) is 2.63. The van der Waals surface area contributed by atoms with Crippen LogP contribution in [0.1, 0.15) is 37.7 Å². The predicted molar refractivity (Wildman–Crippen MR) is 104 cm³/mol. The van der Waals surface area contributed by atoms with Crippen LogP contribution in [0.3, 0.4) is 0 Å². The first-order valence-electron chi connectivity index (χ1n) is 8.85. The summed E-state index contributed by atoms with van der Waals surface area (Å²) in [5, 5.41) is 10.0. The summed E-state index contributed by atoms with van der Waals surface area (Å²) in [6, 6.07) is 15.7. The van der Waals surface area contributed by atoms with Crippen molar-refractivity contribution in [3.8, 4) is 0 Å². The van der Waals surface area contributed by atoms with Gasteiger partial charge in [-0.15, -0.1) is 0 Å². The summed E-state index contributed by atoms with van der Waals surface area (Å²) in [4.78, 5) is 12.1. The third-order valence-corrected chi connectivity index (χ3v) is 4.89. The quantitative estimate of drug-likeness (QED) is 0.670. The van der Waals surface area contributed by atoms with Crippen LogP contribution in [0.4, 0.5) is 16.2 Å². The average molecular weight is 358 g/mol. The fourth-order valence-corrected chi connectivity index (χ4v) is 3.31. The minimum absolute atomic E-state index is 0.122. The number of urea groups is 1. The van der Waals surface area contributed by atoms with Gasteiger partial charge in [-0.05, 0) is 48.7 Å². The molecule has 0 aliphatic heterocycles. The van der Waals surface area contributed by atoms with Crippen molar-refractivity contribution >= 4 is 29.0 Å². The van der Waals surface area contributed by atoms with Gasteiger partial charge in [-0.25, -0.2) is 4.79 Å². The van der Waals surface area contributed by atoms with Crippen LogP contribution in [0, 0.1) is 0 Å². The second-order valence-corrected chi connectivity index (χ2v) is 6.86. The molecule has 0 aromatic heterocycles. The molecule has 1 aliphatic carbocycles. The highest BCUT2D eigenvalue weighted by molar-refractivity contribution is 6.31. The Morgan fingerprint density at radius 1 is 0.960 bits per heavy atom. The maximum atomic E-state index is 12.1. The Hall–Kier alpha value is -2.20. The summed E-state index contributed by atoms with van der Waals surface area (Å²) in [7, 11) is 0. The Balaban J connectivity index is 1.48. The van der Waals surface area contributed by atoms with E-state index in [1.165, 1.54) is 19.3 Å². The summed E-state index contributed by atoms with van der Waals surface area (Å²) in [6.07, 6.45) is 5.85. The molecule has 3 rings (SSSR count). The molecule has 25 heavy (non-hydrogen) atoms. The van der Waals surface area contributed by atoms with Crippen molar-refractivity contribution in [1.82, 2.24) is 5.32 Å². The largest absolute Gasteiger partial charge is 0.381 e. The highest BCUT2D eigenvalue weighted by Gasteiger charge is 2.15. The van der Waals surface area contributed by atoms with Gasteiger partial charge in [0.2, 0.25) is 0 Å². The molecule has 0 heterocycles. The van der Waals surface area contributed by atoms with Gasteiger partial charge in [-0.1, -0.05) is 49.1 Å². The van der Waals surface area contributed by atoms with E-state index < -0.39 is 0 Å². The van der Waals surface area contributed by atoms with Crippen LogP contribution in [0.5, 0.6) is 0 Å². The molecule has 3 N–H and O–H groups in total. The van der Waals surface area contributed by atoms with E-state index in [0.29, 0.717) is 12.6 Å². The van der Waals surface area contributed by atoms with E-state index in [0.717, 1.165) is 34.8 Å². The van der Waals surface area contributed by atoms with E-state index >= 15 is 0 Å². The summed E-state index contributed by atoms with van der Waals surface area (Å²) < 4.78 is 0. The lowest BCUT2D eigenvalue weighted by Gasteiger charge is -2.22. The first-order chi connectivity index (χ1) is 12.2.